The molecule has 0 aromatic carbocycles. The van der Waals surface area contributed by atoms with Crippen LogP contribution in [0.15, 0.2) is 10.7 Å². The number of nitrogens with one attached hydrogen (secondary N) is 1. The monoisotopic (exact) mass is 331 g/mol. The Hall–Kier alpha value is -2.63. The second-order valence-corrected chi connectivity index (χ2v) is 4.68. The Labute approximate surface area is 131 Å². The fourth-order valence-electron chi connectivity index (χ4n) is 2.10. The number of nitrogens with zero attached hydrogens (tertiary/aromatic N) is 5. The van der Waals surface area contributed by atoms with Crippen molar-refractivity contribution in [2.24, 2.45) is 0 Å². The Morgan fingerprint density at radius 3 is 2.91 bits per heavy atom. The van der Waals surface area contributed by atoms with Gasteiger partial charge < -0.3 is 9.57 Å². The molecule has 128 valence electrons. The summed E-state index contributed by atoms with van der Waals surface area (Å²) >= 11 is 0. The number of aromatic nitrogens is 2. The number of ether oxygens (including phenoxy) is 1. The predicted octanol–water partition coefficient (Wildman–Crippen LogP) is -1.01. The van der Waals surface area contributed by atoms with Gasteiger partial charge in [0.1, 0.15) is 6.61 Å². The van der Waals surface area contributed by atoms with Gasteiger partial charge in [-0.05, 0) is 6.92 Å². The fraction of sp³-hybridized carbons (Fsp3) is 0.727. The van der Waals surface area contributed by atoms with Gasteiger partial charge in [0, 0.05) is 19.6 Å². The van der Waals surface area contributed by atoms with Crippen molar-refractivity contribution < 1.29 is 28.8 Å². The molecular weight excluding hydrogens is 312 g/mol. The average Bonchev–Trinajstić information content (AvgIpc) is 2.96. The Morgan fingerprint density at radius 2 is 2.26 bits per heavy atom. The summed E-state index contributed by atoms with van der Waals surface area (Å²) in [6.07, 6.45) is 0.939. The van der Waals surface area contributed by atoms with E-state index in [0.717, 1.165) is 0 Å². The van der Waals surface area contributed by atoms with Crippen LogP contribution in [-0.4, -0.2) is 67.3 Å². The molecule has 0 spiro atoms. The first kappa shape index (κ1) is 16.7. The molecule has 12 nitrogen and oxygen atoms in total. The molecule has 1 aromatic rings. The first-order valence-corrected chi connectivity index (χ1v) is 7.16. The van der Waals surface area contributed by atoms with Gasteiger partial charge >= 0.3 is 12.0 Å². The van der Waals surface area contributed by atoms with Crippen molar-refractivity contribution >= 4 is 12.0 Å². The van der Waals surface area contributed by atoms with Crippen LogP contribution in [0.3, 0.4) is 0 Å². The average molecular weight is 331 g/mol. The lowest BCUT2D eigenvalue weighted by Gasteiger charge is -2.29. The van der Waals surface area contributed by atoms with E-state index in [2.05, 4.69) is 20.3 Å². The summed E-state index contributed by atoms with van der Waals surface area (Å²) in [4.78, 5) is 29.2. The summed E-state index contributed by atoms with van der Waals surface area (Å²) in [6, 6.07) is 0. The lowest BCUT2D eigenvalue weighted by atomic mass is 10.3. The van der Waals surface area contributed by atoms with E-state index in [9.17, 15) is 14.9 Å². The normalized spacial score (nSPS) is 15.3. The van der Waals surface area contributed by atoms with Gasteiger partial charge in [0.15, 0.2) is 0 Å². The third-order valence-electron chi connectivity index (χ3n) is 3.20. The van der Waals surface area contributed by atoms with Gasteiger partial charge in [0.2, 0.25) is 5.27 Å². The van der Waals surface area contributed by atoms with E-state index >= 15 is 0 Å². The molecule has 23 heavy (non-hydrogen) atoms. The van der Waals surface area contributed by atoms with Crippen LogP contribution in [0.2, 0.25) is 0 Å². The molecule has 0 atom stereocenters. The number of hydrogen-bond acceptors (Lipinski definition) is 9. The molecule has 0 aliphatic carbocycles. The van der Waals surface area contributed by atoms with E-state index in [1.807, 2.05) is 5.01 Å². The molecule has 1 aliphatic heterocycles. The van der Waals surface area contributed by atoms with E-state index < -0.39 is 11.2 Å². The van der Waals surface area contributed by atoms with Crippen LogP contribution < -0.4 is 15.1 Å². The summed E-state index contributed by atoms with van der Waals surface area (Å²) in [6.45, 7) is 5.26. The second kappa shape index (κ2) is 8.12. The molecule has 12 heteroatoms. The van der Waals surface area contributed by atoms with E-state index in [0.29, 0.717) is 32.7 Å². The second-order valence-electron chi connectivity index (χ2n) is 4.68. The van der Waals surface area contributed by atoms with Gasteiger partial charge in [-0.2, -0.15) is 5.01 Å². The van der Waals surface area contributed by atoms with Gasteiger partial charge in [-0.15, -0.1) is 10.1 Å². The van der Waals surface area contributed by atoms with Crippen molar-refractivity contribution in [3.63, 3.8) is 0 Å². The van der Waals surface area contributed by atoms with Gasteiger partial charge in [-0.25, -0.2) is 4.79 Å². The Balaban J connectivity index is 1.76. The molecule has 0 radical (unpaired) electrons. The van der Waals surface area contributed by atoms with Crippen molar-refractivity contribution in [1.29, 1.82) is 0 Å². The quantitative estimate of drug-likeness (QED) is 0.380. The summed E-state index contributed by atoms with van der Waals surface area (Å²) in [5.74, 6) is 0.185. The van der Waals surface area contributed by atoms with Crippen LogP contribution in [0.1, 0.15) is 6.92 Å². The van der Waals surface area contributed by atoms with Gasteiger partial charge in [-0.1, -0.05) is 0 Å². The van der Waals surface area contributed by atoms with Gasteiger partial charge in [0.25, 0.3) is 11.3 Å². The highest BCUT2D eigenvalue weighted by Gasteiger charge is 2.26. The van der Waals surface area contributed by atoms with Crippen LogP contribution in [0.25, 0.3) is 0 Å². The van der Waals surface area contributed by atoms with Crippen molar-refractivity contribution in [3.8, 4) is 0 Å². The van der Waals surface area contributed by atoms with E-state index in [1.54, 1.807) is 13.1 Å². The standard InChI is InChI=1S/C11H18N6O6/c1-2-21-11(18)12-10-9-16(13-23-10)15-5-3-14(4-6-15)7-8-22-17(19)20/h9H,2-8H2,1H3/p+1. The molecule has 1 saturated heterocycles. The first-order valence-electron chi connectivity index (χ1n) is 7.16. The summed E-state index contributed by atoms with van der Waals surface area (Å²) < 4.78 is 9.75. The van der Waals surface area contributed by atoms with Crippen molar-refractivity contribution in [1.82, 2.24) is 10.2 Å². The first-order chi connectivity index (χ1) is 11.1. The van der Waals surface area contributed by atoms with Gasteiger partial charge in [-0.3, -0.25) is 14.7 Å². The van der Waals surface area contributed by atoms with Gasteiger partial charge in [0.05, 0.1) is 24.5 Å². The third-order valence-corrected chi connectivity index (χ3v) is 3.20. The lowest BCUT2D eigenvalue weighted by molar-refractivity contribution is -0.760. The largest absolute Gasteiger partial charge is 0.450 e. The highest BCUT2D eigenvalue weighted by Crippen LogP contribution is 2.03. The van der Waals surface area contributed by atoms with Crippen molar-refractivity contribution in [2.75, 3.05) is 56.3 Å². The zero-order chi connectivity index (χ0) is 16.7. The Morgan fingerprint density at radius 1 is 1.52 bits per heavy atom. The summed E-state index contributed by atoms with van der Waals surface area (Å²) in [7, 11) is 0. The number of anilines is 1. The number of carbonyl (C=O) groups is 1. The molecule has 2 heterocycles. The fourth-order valence-corrected chi connectivity index (χ4v) is 2.10. The minimum Gasteiger partial charge on any atom is -0.450 e. The minimum atomic E-state index is -0.792. The molecule has 0 unspecified atom stereocenters. The van der Waals surface area contributed by atoms with Crippen LogP contribution in [-0.2, 0) is 9.57 Å². The molecule has 1 fully saturated rings. The molecule has 2 rings (SSSR count). The third kappa shape index (κ3) is 5.25. The molecule has 1 aromatic heterocycles. The van der Waals surface area contributed by atoms with E-state index in [1.165, 1.54) is 4.79 Å². The number of rotatable bonds is 7. The predicted molar refractivity (Wildman–Crippen MR) is 74.7 cm³/mol. The van der Waals surface area contributed by atoms with E-state index in [4.69, 9.17) is 9.26 Å². The molecule has 1 amide bonds. The molecule has 1 aliphatic rings. The SMILES string of the molecule is CCOC(=O)Nc1c[n+](N2CCN(CCO[N+](=O)[O-])CC2)no1. The van der Waals surface area contributed by atoms with Crippen molar-refractivity contribution in [2.45, 2.75) is 6.92 Å². The highest BCUT2D eigenvalue weighted by molar-refractivity contribution is 5.82. The molecule has 0 bridgehead atoms. The van der Waals surface area contributed by atoms with E-state index in [-0.39, 0.29) is 19.1 Å². The lowest BCUT2D eigenvalue weighted by Crippen LogP contribution is -2.65. The van der Waals surface area contributed by atoms with Crippen molar-refractivity contribution in [3.05, 3.63) is 16.3 Å². The smallest absolute Gasteiger partial charge is 0.414 e. The molecular formula is C11H19N6O6+. The van der Waals surface area contributed by atoms with Crippen LogP contribution >= 0.6 is 0 Å². The highest BCUT2D eigenvalue weighted by atomic mass is 16.9. The maximum absolute atomic E-state index is 11.3. The summed E-state index contributed by atoms with van der Waals surface area (Å²) in [5, 5.41) is 17.5. The maximum atomic E-state index is 11.3. The topological polar surface area (TPSA) is 127 Å². The number of carbonyl (C=O) groups excluding carboxylic acids is 1. The number of piperazine rings is 1. The molecule has 0 saturated carbocycles. The zero-order valence-corrected chi connectivity index (χ0v) is 12.7. The Kier molecular flexibility index (Phi) is 5.91. The van der Waals surface area contributed by atoms with Crippen LogP contribution in [0.5, 0.6) is 0 Å². The number of amides is 1. The zero-order valence-electron chi connectivity index (χ0n) is 12.7. The maximum Gasteiger partial charge on any atom is 0.414 e. The minimum absolute atomic E-state index is 0.0533. The number of hydrogen-bond donors (Lipinski definition) is 1. The van der Waals surface area contributed by atoms with Crippen LogP contribution in [0.4, 0.5) is 10.7 Å². The Bertz CT molecular complexity index is 529. The molecule has 1 N–H and O–H groups in total. The van der Waals surface area contributed by atoms with Crippen LogP contribution in [0, 0.1) is 10.1 Å². The summed E-state index contributed by atoms with van der Waals surface area (Å²) in [5.41, 5.74) is 0.